The molecule has 0 unspecified atom stereocenters. The summed E-state index contributed by atoms with van der Waals surface area (Å²) in [6, 6.07) is 15.7. The summed E-state index contributed by atoms with van der Waals surface area (Å²) in [6.45, 7) is 2.07. The summed E-state index contributed by atoms with van der Waals surface area (Å²) in [5.74, 6) is -0.311. The van der Waals surface area contributed by atoms with Crippen LogP contribution >= 0.6 is 0 Å². The summed E-state index contributed by atoms with van der Waals surface area (Å²) >= 11 is 0. The van der Waals surface area contributed by atoms with Crippen molar-refractivity contribution in [1.29, 1.82) is 0 Å². The second kappa shape index (κ2) is 6.01. The quantitative estimate of drug-likeness (QED) is 0.610. The monoisotopic (exact) mass is 252 g/mol. The Labute approximate surface area is 113 Å². The smallest absolute Gasteiger partial charge is 0.337 e. The molecule has 2 aromatic rings. The normalized spacial score (nSPS) is 10.6. The molecule has 0 aliphatic carbocycles. The Morgan fingerprint density at radius 1 is 0.895 bits per heavy atom. The van der Waals surface area contributed by atoms with Gasteiger partial charge in [-0.25, -0.2) is 4.79 Å². The van der Waals surface area contributed by atoms with Gasteiger partial charge in [0.15, 0.2) is 0 Å². The van der Waals surface area contributed by atoms with Crippen LogP contribution in [0.2, 0.25) is 0 Å². The molecule has 0 aliphatic heterocycles. The molecular formula is C17H16O2. The fourth-order valence-corrected chi connectivity index (χ4v) is 1.72. The van der Waals surface area contributed by atoms with Gasteiger partial charge < -0.3 is 4.74 Å². The minimum atomic E-state index is -0.311. The van der Waals surface area contributed by atoms with E-state index in [4.69, 9.17) is 0 Å². The second-order valence-electron chi connectivity index (χ2n) is 4.36. The van der Waals surface area contributed by atoms with Crippen molar-refractivity contribution in [1.82, 2.24) is 0 Å². The van der Waals surface area contributed by atoms with E-state index in [0.29, 0.717) is 5.56 Å². The highest BCUT2D eigenvalue weighted by atomic mass is 16.5. The molecule has 0 aromatic heterocycles. The fraction of sp³-hybridized carbons (Fsp3) is 0.118. The van der Waals surface area contributed by atoms with E-state index < -0.39 is 0 Å². The summed E-state index contributed by atoms with van der Waals surface area (Å²) in [4.78, 5) is 11.3. The van der Waals surface area contributed by atoms with Gasteiger partial charge in [-0.3, -0.25) is 0 Å². The topological polar surface area (TPSA) is 26.3 Å². The van der Waals surface area contributed by atoms with E-state index in [0.717, 1.165) is 11.1 Å². The average Bonchev–Trinajstić information content (AvgIpc) is 2.46. The van der Waals surface area contributed by atoms with Gasteiger partial charge in [-0.15, -0.1) is 0 Å². The zero-order valence-electron chi connectivity index (χ0n) is 11.1. The molecule has 2 nitrogen and oxygen atoms in total. The minimum Gasteiger partial charge on any atom is -0.465 e. The van der Waals surface area contributed by atoms with Gasteiger partial charge in [-0.1, -0.05) is 54.1 Å². The summed E-state index contributed by atoms with van der Waals surface area (Å²) in [6.07, 6.45) is 4.07. The van der Waals surface area contributed by atoms with E-state index in [1.54, 1.807) is 12.1 Å². The van der Waals surface area contributed by atoms with Gasteiger partial charge in [0.25, 0.3) is 0 Å². The van der Waals surface area contributed by atoms with Crippen molar-refractivity contribution < 1.29 is 9.53 Å². The number of methoxy groups -OCH3 is 1. The average molecular weight is 252 g/mol. The number of carbonyl (C=O) groups is 1. The second-order valence-corrected chi connectivity index (χ2v) is 4.36. The first-order valence-corrected chi connectivity index (χ1v) is 6.12. The molecule has 0 fully saturated rings. The van der Waals surface area contributed by atoms with Crippen LogP contribution in [0.15, 0.2) is 48.5 Å². The first-order valence-electron chi connectivity index (χ1n) is 6.12. The van der Waals surface area contributed by atoms with Crippen LogP contribution in [-0.2, 0) is 4.74 Å². The van der Waals surface area contributed by atoms with Crippen LogP contribution < -0.4 is 0 Å². The molecule has 0 aliphatic rings. The first-order chi connectivity index (χ1) is 9.19. The summed E-state index contributed by atoms with van der Waals surface area (Å²) in [7, 11) is 1.38. The Bertz CT molecular complexity index is 578. The Kier molecular flexibility index (Phi) is 4.14. The Morgan fingerprint density at radius 3 is 1.84 bits per heavy atom. The third-order valence-corrected chi connectivity index (χ3v) is 2.88. The molecule has 0 spiro atoms. The predicted octanol–water partition coefficient (Wildman–Crippen LogP) is 3.95. The number of aryl methyl sites for hydroxylation is 1. The molecule has 2 rings (SSSR count). The third-order valence-electron chi connectivity index (χ3n) is 2.88. The first kappa shape index (κ1) is 13.1. The van der Waals surface area contributed by atoms with Crippen molar-refractivity contribution in [3.63, 3.8) is 0 Å². The number of hydrogen-bond acceptors (Lipinski definition) is 2. The lowest BCUT2D eigenvalue weighted by atomic mass is 10.1. The van der Waals surface area contributed by atoms with Gasteiger partial charge in [0.2, 0.25) is 0 Å². The molecule has 96 valence electrons. The van der Waals surface area contributed by atoms with Crippen LogP contribution in [0.3, 0.4) is 0 Å². The van der Waals surface area contributed by atoms with E-state index >= 15 is 0 Å². The molecule has 0 N–H and O–H groups in total. The van der Waals surface area contributed by atoms with Crippen LogP contribution in [0.5, 0.6) is 0 Å². The number of rotatable bonds is 3. The minimum absolute atomic E-state index is 0.311. The van der Waals surface area contributed by atoms with Crippen LogP contribution in [0.1, 0.15) is 27.0 Å². The number of benzene rings is 2. The molecule has 2 heteroatoms. The van der Waals surface area contributed by atoms with Crippen LogP contribution in [-0.4, -0.2) is 13.1 Å². The Balaban J connectivity index is 2.11. The standard InChI is InChI=1S/C17H16O2/c1-13-3-5-14(6-4-13)7-8-15-9-11-16(12-10-15)17(18)19-2/h3-12H,1-2H3/b8-7-. The van der Waals surface area contributed by atoms with Crippen molar-refractivity contribution in [2.75, 3.05) is 7.11 Å². The van der Waals surface area contributed by atoms with Crippen molar-refractivity contribution in [3.05, 3.63) is 70.8 Å². The van der Waals surface area contributed by atoms with Gasteiger partial charge in [-0.2, -0.15) is 0 Å². The lowest BCUT2D eigenvalue weighted by molar-refractivity contribution is 0.0601. The molecule has 0 heterocycles. The van der Waals surface area contributed by atoms with Crippen LogP contribution in [0, 0.1) is 6.92 Å². The van der Waals surface area contributed by atoms with E-state index in [-0.39, 0.29) is 5.97 Å². The van der Waals surface area contributed by atoms with Crippen molar-refractivity contribution in [2.45, 2.75) is 6.92 Å². The van der Waals surface area contributed by atoms with Crippen LogP contribution in [0.25, 0.3) is 12.2 Å². The third kappa shape index (κ3) is 3.55. The maximum atomic E-state index is 11.3. The Hall–Kier alpha value is -2.35. The molecular weight excluding hydrogens is 236 g/mol. The van der Waals surface area contributed by atoms with Crippen molar-refractivity contribution in [2.24, 2.45) is 0 Å². The maximum Gasteiger partial charge on any atom is 0.337 e. The summed E-state index contributed by atoms with van der Waals surface area (Å²) < 4.78 is 4.66. The van der Waals surface area contributed by atoms with E-state index in [9.17, 15) is 4.79 Å². The molecule has 0 bridgehead atoms. The van der Waals surface area contributed by atoms with Crippen LogP contribution in [0.4, 0.5) is 0 Å². The van der Waals surface area contributed by atoms with Gasteiger partial charge in [0.05, 0.1) is 12.7 Å². The molecule has 0 atom stereocenters. The predicted molar refractivity (Wildman–Crippen MR) is 77.9 cm³/mol. The SMILES string of the molecule is COC(=O)c1ccc(/C=C\c2ccc(C)cc2)cc1. The largest absolute Gasteiger partial charge is 0.465 e. The maximum absolute atomic E-state index is 11.3. The Morgan fingerprint density at radius 2 is 1.37 bits per heavy atom. The summed E-state index contributed by atoms with van der Waals surface area (Å²) in [5.41, 5.74) is 4.02. The number of ether oxygens (including phenoxy) is 1. The highest BCUT2D eigenvalue weighted by Crippen LogP contribution is 2.11. The molecule has 0 amide bonds. The summed E-state index contributed by atoms with van der Waals surface area (Å²) in [5, 5.41) is 0. The number of esters is 1. The van der Waals surface area contributed by atoms with Crippen molar-refractivity contribution in [3.8, 4) is 0 Å². The lowest BCUT2D eigenvalue weighted by Gasteiger charge is -1.99. The van der Waals surface area contributed by atoms with Gasteiger partial charge >= 0.3 is 5.97 Å². The molecule has 0 radical (unpaired) electrons. The fourth-order valence-electron chi connectivity index (χ4n) is 1.72. The van der Waals surface area contributed by atoms with Gasteiger partial charge in [0.1, 0.15) is 0 Å². The van der Waals surface area contributed by atoms with Crippen molar-refractivity contribution >= 4 is 18.1 Å². The molecule has 0 saturated heterocycles. The highest BCUT2D eigenvalue weighted by molar-refractivity contribution is 5.89. The van der Waals surface area contributed by atoms with Gasteiger partial charge in [0, 0.05) is 0 Å². The van der Waals surface area contributed by atoms with Gasteiger partial charge in [-0.05, 0) is 30.2 Å². The lowest BCUT2D eigenvalue weighted by Crippen LogP contribution is -2.00. The van der Waals surface area contributed by atoms with E-state index in [1.807, 2.05) is 24.3 Å². The number of hydrogen-bond donors (Lipinski definition) is 0. The molecule has 19 heavy (non-hydrogen) atoms. The zero-order valence-corrected chi connectivity index (χ0v) is 11.1. The highest BCUT2D eigenvalue weighted by Gasteiger charge is 2.02. The zero-order chi connectivity index (χ0) is 13.7. The molecule has 2 aromatic carbocycles. The van der Waals surface area contributed by atoms with E-state index in [2.05, 4.69) is 35.9 Å². The molecule has 0 saturated carbocycles. The number of carbonyl (C=O) groups excluding carboxylic acids is 1. The van der Waals surface area contributed by atoms with E-state index in [1.165, 1.54) is 12.7 Å².